The molecule has 0 spiro atoms. The van der Waals surface area contributed by atoms with Crippen molar-refractivity contribution in [2.75, 3.05) is 0 Å². The fraction of sp³-hybridized carbons (Fsp3) is 0.533. The van der Waals surface area contributed by atoms with Gasteiger partial charge >= 0.3 is 17.4 Å². The molecule has 0 heterocycles. The summed E-state index contributed by atoms with van der Waals surface area (Å²) in [5.41, 5.74) is 2.97. The first kappa shape index (κ1) is 51.0. The van der Waals surface area contributed by atoms with Crippen LogP contribution in [0.4, 0.5) is 0 Å². The molecule has 0 atom stereocenters. The van der Waals surface area contributed by atoms with Crippen molar-refractivity contribution in [1.82, 2.24) is 0 Å². The van der Waals surface area contributed by atoms with E-state index >= 15 is 0 Å². The van der Waals surface area contributed by atoms with Crippen molar-refractivity contribution in [2.24, 2.45) is 0 Å². The Kier molecular flexibility index (Phi) is 16.2. The number of aromatic carboxylic acids is 3. The molecule has 0 aliphatic heterocycles. The largest absolute Gasteiger partial charge is 3.00 e. The Morgan fingerprint density at radius 2 is 0.527 bits per heavy atom. The van der Waals surface area contributed by atoms with Crippen molar-refractivity contribution in [3.63, 3.8) is 0 Å². The number of hydrogen-bond acceptors (Lipinski definition) is 9. The summed E-state index contributed by atoms with van der Waals surface area (Å²) < 4.78 is 0. The summed E-state index contributed by atoms with van der Waals surface area (Å²) in [4.78, 5) is 33.0. The Hall–Kier alpha value is -4.00. The van der Waals surface area contributed by atoms with Gasteiger partial charge in [-0.15, -0.1) is 0 Å². The second kappa shape index (κ2) is 17.4. The Morgan fingerprint density at radius 1 is 0.364 bits per heavy atom. The van der Waals surface area contributed by atoms with Gasteiger partial charge in [0, 0.05) is 33.4 Å². The summed E-state index contributed by atoms with van der Waals surface area (Å²) >= 11 is 0. The van der Waals surface area contributed by atoms with Crippen molar-refractivity contribution in [3.8, 4) is 17.2 Å². The van der Waals surface area contributed by atoms with Gasteiger partial charge in [0.1, 0.15) is 17.2 Å². The molecular formula is C45H63CrO9. The third kappa shape index (κ3) is 12.8. The average molecular weight is 800 g/mol. The maximum atomic E-state index is 11.0. The Morgan fingerprint density at radius 3 is 0.636 bits per heavy atom. The molecule has 55 heavy (non-hydrogen) atoms. The van der Waals surface area contributed by atoms with Crippen molar-refractivity contribution in [3.05, 3.63) is 86.5 Å². The molecule has 0 aliphatic rings. The van der Waals surface area contributed by atoms with E-state index in [2.05, 4.69) is 0 Å². The van der Waals surface area contributed by atoms with Crippen LogP contribution in [0, 0.1) is 0 Å². The maximum absolute atomic E-state index is 11.0. The number of hydrogen-bond donors (Lipinski definition) is 3. The molecule has 1 radical (unpaired) electrons. The Bertz CT molecular complexity index is 1650. The minimum absolute atomic E-state index is 0. The zero-order valence-corrected chi connectivity index (χ0v) is 37.4. The van der Waals surface area contributed by atoms with E-state index in [0.717, 1.165) is 16.7 Å². The second-order valence-corrected chi connectivity index (χ2v) is 20.0. The summed E-state index contributed by atoms with van der Waals surface area (Å²) in [5.74, 6) is -4.56. The van der Waals surface area contributed by atoms with Crippen molar-refractivity contribution in [2.45, 2.75) is 157 Å². The van der Waals surface area contributed by atoms with E-state index in [-0.39, 0.29) is 83.8 Å². The number of phenols is 3. The molecule has 0 saturated heterocycles. The zero-order valence-electron chi connectivity index (χ0n) is 36.2. The van der Waals surface area contributed by atoms with Crippen LogP contribution in [0.1, 0.15) is 189 Å². The van der Waals surface area contributed by atoms with Gasteiger partial charge in [-0.2, -0.15) is 0 Å². The number of aromatic hydroxyl groups is 3. The number of carbonyl (C=O) groups is 3. The molecule has 0 aromatic heterocycles. The summed E-state index contributed by atoms with van der Waals surface area (Å²) in [5, 5.41) is 63.6. The van der Waals surface area contributed by atoms with Gasteiger partial charge in [-0.05, 0) is 67.4 Å². The minimum Gasteiger partial charge on any atom is -0.545 e. The molecule has 303 valence electrons. The summed E-state index contributed by atoms with van der Waals surface area (Å²) in [6.07, 6.45) is 0. The number of rotatable bonds is 3. The monoisotopic (exact) mass is 799 g/mol. The van der Waals surface area contributed by atoms with E-state index in [4.69, 9.17) is 0 Å². The molecule has 0 unspecified atom stereocenters. The molecule has 0 aliphatic carbocycles. The second-order valence-electron chi connectivity index (χ2n) is 20.0. The Balaban J connectivity index is 0.000000788. The van der Waals surface area contributed by atoms with E-state index in [1.54, 1.807) is 18.2 Å². The first-order chi connectivity index (χ1) is 23.9. The first-order valence-corrected chi connectivity index (χ1v) is 18.1. The van der Waals surface area contributed by atoms with E-state index in [9.17, 15) is 45.0 Å². The molecule has 3 N–H and O–H groups in total. The molecule has 10 heteroatoms. The van der Waals surface area contributed by atoms with Gasteiger partial charge in [0.15, 0.2) is 0 Å². The van der Waals surface area contributed by atoms with Crippen LogP contribution in [-0.2, 0) is 49.9 Å². The number of carboxylic acid groups (broad SMARTS) is 3. The molecule has 3 aromatic rings. The van der Waals surface area contributed by atoms with E-state index in [1.165, 1.54) is 18.2 Å². The molecule has 3 aromatic carbocycles. The molecule has 0 bridgehead atoms. The quantitative estimate of drug-likeness (QED) is 0.250. The van der Waals surface area contributed by atoms with Crippen LogP contribution in [0.5, 0.6) is 17.2 Å². The maximum Gasteiger partial charge on any atom is 3.00 e. The van der Waals surface area contributed by atoms with Gasteiger partial charge < -0.3 is 45.0 Å². The molecule has 9 nitrogen and oxygen atoms in total. The first-order valence-electron chi connectivity index (χ1n) is 18.1. The summed E-state index contributed by atoms with van der Waals surface area (Å²) in [7, 11) is 0. The zero-order chi connectivity index (χ0) is 42.9. The Labute approximate surface area is 340 Å². The standard InChI is InChI=1S/3C15H22O3.Cr/c3*1-14(2,3)10-8-7-9(13(17)18)12(16)11(10)15(4,5)6;/h3*7-8,16H,1-6H3,(H,17,18);/q;;;+3/p-3. The average Bonchev–Trinajstić information content (AvgIpc) is 2.93. The number of benzene rings is 3. The fourth-order valence-electron chi connectivity index (χ4n) is 6.42. The molecule has 0 fully saturated rings. The smallest absolute Gasteiger partial charge is 0.545 e. The van der Waals surface area contributed by atoms with Gasteiger partial charge in [0.2, 0.25) is 0 Å². The third-order valence-electron chi connectivity index (χ3n) is 8.87. The van der Waals surface area contributed by atoms with Gasteiger partial charge in [-0.3, -0.25) is 0 Å². The summed E-state index contributed by atoms with van der Waals surface area (Å²) in [6, 6.07) is 9.56. The van der Waals surface area contributed by atoms with Gasteiger partial charge in [0.25, 0.3) is 0 Å². The molecule has 3 rings (SSSR count). The molecular weight excluding hydrogens is 736 g/mol. The van der Waals surface area contributed by atoms with Crippen LogP contribution in [0.3, 0.4) is 0 Å². The van der Waals surface area contributed by atoms with Gasteiger partial charge in [-0.25, -0.2) is 0 Å². The van der Waals surface area contributed by atoms with E-state index in [0.29, 0.717) is 16.7 Å². The van der Waals surface area contributed by atoms with Crippen LogP contribution < -0.4 is 15.3 Å². The number of carboxylic acids is 3. The van der Waals surface area contributed by atoms with Crippen LogP contribution in [0.2, 0.25) is 0 Å². The number of carbonyl (C=O) groups excluding carboxylic acids is 3. The van der Waals surface area contributed by atoms with Crippen LogP contribution in [0.15, 0.2) is 36.4 Å². The summed E-state index contributed by atoms with van der Waals surface area (Å²) in [6.45, 7) is 35.9. The van der Waals surface area contributed by atoms with Gasteiger partial charge in [0.05, 0.1) is 17.9 Å². The molecule has 0 saturated carbocycles. The normalized spacial score (nSPS) is 12.3. The third-order valence-corrected chi connectivity index (χ3v) is 8.87. The van der Waals surface area contributed by atoms with Gasteiger partial charge in [-0.1, -0.05) is 143 Å². The minimum atomic E-state index is -1.35. The van der Waals surface area contributed by atoms with Crippen LogP contribution in [0.25, 0.3) is 0 Å². The van der Waals surface area contributed by atoms with Crippen molar-refractivity contribution >= 4 is 17.9 Å². The fourth-order valence-corrected chi connectivity index (χ4v) is 6.42. The topological polar surface area (TPSA) is 181 Å². The van der Waals surface area contributed by atoms with Crippen LogP contribution >= 0.6 is 0 Å². The predicted octanol–water partition coefficient (Wildman–Crippen LogP) is 7.05. The van der Waals surface area contributed by atoms with E-state index in [1.807, 2.05) is 125 Å². The molecule has 0 amide bonds. The van der Waals surface area contributed by atoms with Crippen LogP contribution in [-0.4, -0.2) is 33.2 Å². The SMILES string of the molecule is CC(C)(C)c1ccc(C(=O)[O-])c(O)c1C(C)(C)C.CC(C)(C)c1ccc(C(=O)[O-])c(O)c1C(C)(C)C.CC(C)(C)c1ccc(C(=O)[O-])c(O)c1C(C)(C)C.[Cr+3]. The van der Waals surface area contributed by atoms with Crippen molar-refractivity contribution < 1.29 is 62.4 Å². The van der Waals surface area contributed by atoms with Crippen molar-refractivity contribution in [1.29, 1.82) is 0 Å². The predicted molar refractivity (Wildman–Crippen MR) is 210 cm³/mol. The van der Waals surface area contributed by atoms with E-state index < -0.39 is 17.9 Å².